The molecule has 2 aromatic carbocycles. The number of thioether (sulfide) groups is 1. The third-order valence-electron chi connectivity index (χ3n) is 3.15. The molecule has 0 spiro atoms. The smallest absolute Gasteiger partial charge is 0.446 e. The lowest BCUT2D eigenvalue weighted by atomic mass is 10.0. The highest BCUT2D eigenvalue weighted by atomic mass is 32.2. The summed E-state index contributed by atoms with van der Waals surface area (Å²) in [6.45, 7) is 0.355. The third kappa shape index (κ3) is 6.96. The Hall–Kier alpha value is -3.10. The molecule has 6 nitrogen and oxygen atoms in total. The van der Waals surface area contributed by atoms with Gasteiger partial charge in [0.25, 0.3) is 5.88 Å². The average molecular weight is 395 g/mol. The third-order valence-corrected chi connectivity index (χ3v) is 3.89. The van der Waals surface area contributed by atoms with Crippen LogP contribution in [0.15, 0.2) is 59.6 Å². The van der Waals surface area contributed by atoms with Crippen LogP contribution in [0.25, 0.3) is 11.1 Å². The first-order valence-electron chi connectivity index (χ1n) is 7.34. The normalized spacial score (nSPS) is 10.5. The van der Waals surface area contributed by atoms with E-state index < -0.39 is 5.51 Å². The number of rotatable bonds is 5. The van der Waals surface area contributed by atoms with Gasteiger partial charge in [-0.25, -0.2) is 0 Å². The number of nitrogens with zero attached hydrogens (tertiary/aromatic N) is 2. The van der Waals surface area contributed by atoms with E-state index in [0.717, 1.165) is 16.7 Å². The second-order valence-electron chi connectivity index (χ2n) is 4.95. The molecule has 0 bridgehead atoms. The number of aromatic amines is 1. The molecule has 140 valence electrons. The van der Waals surface area contributed by atoms with Crippen LogP contribution in [0.1, 0.15) is 5.56 Å². The number of halogens is 3. The first-order valence-corrected chi connectivity index (χ1v) is 8.16. The summed E-state index contributed by atoms with van der Waals surface area (Å²) in [5.74, 6) is 0.414. The number of carbonyl (C=O) groups excluding carboxylic acids is 2. The van der Waals surface area contributed by atoms with Crippen LogP contribution in [0.2, 0.25) is 0 Å². The molecular weight excluding hydrogens is 383 g/mol. The molecule has 0 radical (unpaired) electrons. The predicted molar refractivity (Wildman–Crippen MR) is 89.5 cm³/mol. The second-order valence-corrected chi connectivity index (χ2v) is 6.09. The Kier molecular flexibility index (Phi) is 7.16. The first-order chi connectivity index (χ1) is 12.9. The number of hydrogen-bond acceptors (Lipinski definition) is 6. The van der Waals surface area contributed by atoms with Crippen LogP contribution in [0.4, 0.5) is 13.2 Å². The molecular formula is C17H12F3N3O3S. The number of nitrogens with one attached hydrogen (secondary N) is 1. The van der Waals surface area contributed by atoms with E-state index in [0.29, 0.717) is 12.5 Å². The minimum Gasteiger partial charge on any atom is -0.471 e. The van der Waals surface area contributed by atoms with Crippen LogP contribution >= 0.6 is 11.8 Å². The molecule has 0 aliphatic rings. The van der Waals surface area contributed by atoms with E-state index >= 15 is 0 Å². The van der Waals surface area contributed by atoms with Gasteiger partial charge in [-0.1, -0.05) is 36.4 Å². The molecule has 0 unspecified atom stereocenters. The van der Waals surface area contributed by atoms with Crippen molar-refractivity contribution in [2.75, 3.05) is 0 Å². The highest BCUT2D eigenvalue weighted by molar-refractivity contribution is 8.00. The molecule has 1 heterocycles. The predicted octanol–water partition coefficient (Wildman–Crippen LogP) is 4.08. The molecule has 10 heteroatoms. The molecule has 0 fully saturated rings. The van der Waals surface area contributed by atoms with Gasteiger partial charge in [0.2, 0.25) is 0 Å². The van der Waals surface area contributed by atoms with Crippen LogP contribution in [0, 0.1) is 0 Å². The summed E-state index contributed by atoms with van der Waals surface area (Å²) in [7, 11) is 0. The fourth-order valence-corrected chi connectivity index (χ4v) is 2.60. The molecule has 27 heavy (non-hydrogen) atoms. The largest absolute Gasteiger partial charge is 0.471 e. The van der Waals surface area contributed by atoms with Crippen LogP contribution < -0.4 is 4.74 Å². The van der Waals surface area contributed by atoms with Crippen molar-refractivity contribution in [3.63, 3.8) is 0 Å². The van der Waals surface area contributed by atoms with Gasteiger partial charge < -0.3 is 4.74 Å². The second kappa shape index (κ2) is 9.56. The molecule has 0 aliphatic carbocycles. The van der Waals surface area contributed by atoms with Crippen molar-refractivity contribution in [1.29, 1.82) is 0 Å². The quantitative estimate of drug-likeness (QED) is 0.656. The molecule has 3 aromatic rings. The minimum absolute atomic E-state index is 0.118. The minimum atomic E-state index is -4.27. The fraction of sp³-hybridized carbons (Fsp3) is 0.118. The van der Waals surface area contributed by atoms with Gasteiger partial charge in [0.15, 0.2) is 0 Å². The molecule has 0 aliphatic heterocycles. The monoisotopic (exact) mass is 395 g/mol. The van der Waals surface area contributed by atoms with E-state index in [1.165, 1.54) is 18.3 Å². The van der Waals surface area contributed by atoms with Crippen molar-refractivity contribution >= 4 is 17.9 Å². The van der Waals surface area contributed by atoms with Crippen molar-refractivity contribution in [2.24, 2.45) is 0 Å². The van der Waals surface area contributed by atoms with Crippen molar-refractivity contribution < 1.29 is 27.5 Å². The maximum absolute atomic E-state index is 12.3. The van der Waals surface area contributed by atoms with Crippen molar-refractivity contribution in [3.05, 3.63) is 60.3 Å². The van der Waals surface area contributed by atoms with Crippen LogP contribution in [-0.4, -0.2) is 27.1 Å². The van der Waals surface area contributed by atoms with E-state index in [1.807, 2.05) is 24.3 Å². The lowest BCUT2D eigenvalue weighted by Gasteiger charge is -2.08. The highest BCUT2D eigenvalue weighted by Gasteiger charge is 2.28. The Balaban J connectivity index is 0.000000817. The van der Waals surface area contributed by atoms with Crippen LogP contribution in [0.3, 0.4) is 0 Å². The molecule has 0 atom stereocenters. The van der Waals surface area contributed by atoms with E-state index in [-0.39, 0.29) is 22.8 Å². The molecule has 3 rings (SSSR count). The Morgan fingerprint density at radius 3 is 2.04 bits per heavy atom. The van der Waals surface area contributed by atoms with E-state index in [9.17, 15) is 13.2 Å². The van der Waals surface area contributed by atoms with Gasteiger partial charge in [-0.05, 0) is 40.6 Å². The summed E-state index contributed by atoms with van der Waals surface area (Å²) in [6, 6.07) is 13.9. The summed E-state index contributed by atoms with van der Waals surface area (Å²) in [4.78, 5) is 16.4. The summed E-state index contributed by atoms with van der Waals surface area (Å²) >= 11 is -0.118. The molecule has 0 amide bonds. The number of aromatic nitrogens is 3. The summed E-state index contributed by atoms with van der Waals surface area (Å²) in [6.07, 6.45) is 1.73. The Labute approximate surface area is 155 Å². The van der Waals surface area contributed by atoms with Crippen molar-refractivity contribution in [3.8, 4) is 17.0 Å². The average Bonchev–Trinajstić information content (AvgIpc) is 3.14. The Morgan fingerprint density at radius 2 is 1.56 bits per heavy atom. The molecule has 0 saturated heterocycles. The fourth-order valence-electron chi connectivity index (χ4n) is 2.06. The van der Waals surface area contributed by atoms with E-state index in [2.05, 4.69) is 15.4 Å². The van der Waals surface area contributed by atoms with Crippen LogP contribution in [-0.2, 0) is 16.2 Å². The Morgan fingerprint density at radius 1 is 1.00 bits per heavy atom. The van der Waals surface area contributed by atoms with Gasteiger partial charge in [0, 0.05) is 4.90 Å². The molecule has 1 aromatic heterocycles. The standard InChI is InChI=1S/C16H12F3N3OS.CO2/c17-16(18,19)24-14-7-5-13(6-8-14)12-3-1-11(2-4-12)10-23-15-9-20-22-21-15;2-1-3/h1-9H,10H2,(H,20,21,22);. The zero-order valence-corrected chi connectivity index (χ0v) is 14.4. The topological polar surface area (TPSA) is 84.9 Å². The maximum Gasteiger partial charge on any atom is 0.446 e. The van der Waals surface area contributed by atoms with Crippen molar-refractivity contribution in [2.45, 2.75) is 17.0 Å². The lowest BCUT2D eigenvalue weighted by Crippen LogP contribution is -1.98. The summed E-state index contributed by atoms with van der Waals surface area (Å²) in [5.41, 5.74) is -1.55. The highest BCUT2D eigenvalue weighted by Crippen LogP contribution is 2.37. The zero-order valence-electron chi connectivity index (χ0n) is 13.6. The van der Waals surface area contributed by atoms with Gasteiger partial charge in [-0.2, -0.15) is 33.1 Å². The number of alkyl halides is 3. The van der Waals surface area contributed by atoms with Gasteiger partial charge >= 0.3 is 11.7 Å². The van der Waals surface area contributed by atoms with Gasteiger partial charge in [-0.3, -0.25) is 0 Å². The van der Waals surface area contributed by atoms with Gasteiger partial charge in [-0.15, -0.1) is 5.10 Å². The first kappa shape index (κ1) is 20.2. The Bertz CT molecular complexity index is 861. The number of ether oxygens (including phenoxy) is 1. The molecule has 1 N–H and O–H groups in total. The zero-order chi connectivity index (χ0) is 19.7. The maximum atomic E-state index is 12.3. The van der Waals surface area contributed by atoms with E-state index in [4.69, 9.17) is 14.3 Å². The summed E-state index contributed by atoms with van der Waals surface area (Å²) < 4.78 is 42.4. The van der Waals surface area contributed by atoms with Gasteiger partial charge in [0.1, 0.15) is 12.8 Å². The molecule has 0 saturated carbocycles. The number of benzene rings is 2. The van der Waals surface area contributed by atoms with E-state index in [1.54, 1.807) is 12.1 Å². The summed E-state index contributed by atoms with van der Waals surface area (Å²) in [5, 5.41) is 9.89. The van der Waals surface area contributed by atoms with Crippen molar-refractivity contribution in [1.82, 2.24) is 15.4 Å². The van der Waals surface area contributed by atoms with Gasteiger partial charge in [0.05, 0.1) is 0 Å². The lowest BCUT2D eigenvalue weighted by molar-refractivity contribution is -0.191. The number of hydrogen-bond donors (Lipinski definition) is 1. The number of H-pyrrole nitrogens is 1. The van der Waals surface area contributed by atoms with Crippen LogP contribution in [0.5, 0.6) is 5.88 Å². The SMILES string of the molecule is FC(F)(F)Sc1ccc(-c2ccc(COc3cn[nH]n3)cc2)cc1.O=C=O.